The van der Waals surface area contributed by atoms with Crippen molar-refractivity contribution in [1.82, 2.24) is 5.32 Å². The quantitative estimate of drug-likeness (QED) is 0.612. The molecule has 3 N–H and O–H groups in total. The van der Waals surface area contributed by atoms with Crippen LogP contribution in [0.2, 0.25) is 0 Å². The van der Waals surface area contributed by atoms with Gasteiger partial charge in [0.1, 0.15) is 6.17 Å². The third kappa shape index (κ3) is 3.40. The molecule has 0 amide bonds. The number of allylic oxidation sites excluding steroid dienone is 1. The zero-order valence-corrected chi connectivity index (χ0v) is 9.09. The zero-order chi connectivity index (χ0) is 10.6. The standard InChI is InChI=1S/C10H15N3S/c1-7-3-4-9(13-10(7)11)6-12-5-8(2)14/h3-5,10,12,14H,1,6,11H2,2H3. The number of hydrogen-bond donors (Lipinski definition) is 3. The second kappa shape index (κ2) is 5.02. The van der Waals surface area contributed by atoms with Gasteiger partial charge in [-0.25, -0.2) is 0 Å². The van der Waals surface area contributed by atoms with Crippen LogP contribution in [0.25, 0.3) is 0 Å². The van der Waals surface area contributed by atoms with Gasteiger partial charge in [-0.2, -0.15) is 0 Å². The molecule has 1 aliphatic heterocycles. The molecule has 0 saturated heterocycles. The van der Waals surface area contributed by atoms with E-state index in [9.17, 15) is 0 Å². The zero-order valence-electron chi connectivity index (χ0n) is 8.20. The number of nitrogens with zero attached hydrogens (tertiary/aromatic N) is 1. The summed E-state index contributed by atoms with van der Waals surface area (Å²) in [6, 6.07) is 0. The summed E-state index contributed by atoms with van der Waals surface area (Å²) in [5.74, 6) is 0. The van der Waals surface area contributed by atoms with Gasteiger partial charge >= 0.3 is 0 Å². The van der Waals surface area contributed by atoms with Crippen LogP contribution in [0.15, 0.2) is 40.4 Å². The minimum Gasteiger partial charge on any atom is -0.385 e. The van der Waals surface area contributed by atoms with Crippen LogP contribution in [0.5, 0.6) is 0 Å². The molecule has 3 nitrogen and oxygen atoms in total. The predicted molar refractivity (Wildman–Crippen MR) is 64.4 cm³/mol. The van der Waals surface area contributed by atoms with E-state index in [1.165, 1.54) is 0 Å². The molecule has 0 bridgehead atoms. The maximum absolute atomic E-state index is 5.70. The van der Waals surface area contributed by atoms with Crippen molar-refractivity contribution in [3.63, 3.8) is 0 Å². The number of hydrogen-bond acceptors (Lipinski definition) is 4. The average Bonchev–Trinajstić information content (AvgIpc) is 2.10. The van der Waals surface area contributed by atoms with Crippen molar-refractivity contribution in [2.75, 3.05) is 6.54 Å². The average molecular weight is 209 g/mol. The summed E-state index contributed by atoms with van der Waals surface area (Å²) in [5, 5.41) is 3.08. The van der Waals surface area contributed by atoms with Gasteiger partial charge < -0.3 is 11.1 Å². The number of dihydropyridines is 1. The van der Waals surface area contributed by atoms with Gasteiger partial charge in [0.25, 0.3) is 0 Å². The first-order valence-corrected chi connectivity index (χ1v) is 4.82. The summed E-state index contributed by atoms with van der Waals surface area (Å²) >= 11 is 4.13. The molecule has 0 radical (unpaired) electrons. The maximum Gasteiger partial charge on any atom is 0.122 e. The minimum atomic E-state index is -0.294. The Hall–Kier alpha value is -1.00. The normalized spacial score (nSPS) is 22.2. The van der Waals surface area contributed by atoms with Gasteiger partial charge in [0.15, 0.2) is 0 Å². The van der Waals surface area contributed by atoms with Crippen LogP contribution in [-0.4, -0.2) is 18.4 Å². The molecule has 0 aliphatic carbocycles. The van der Waals surface area contributed by atoms with Gasteiger partial charge in [0.05, 0.1) is 12.3 Å². The van der Waals surface area contributed by atoms with Crippen LogP contribution < -0.4 is 11.1 Å². The highest BCUT2D eigenvalue weighted by Crippen LogP contribution is 2.06. The molecular weight excluding hydrogens is 194 g/mol. The highest BCUT2D eigenvalue weighted by atomic mass is 32.1. The molecule has 1 heterocycles. The van der Waals surface area contributed by atoms with Crippen molar-refractivity contribution in [1.29, 1.82) is 0 Å². The topological polar surface area (TPSA) is 50.4 Å². The maximum atomic E-state index is 5.70. The van der Waals surface area contributed by atoms with Crippen LogP contribution >= 0.6 is 12.6 Å². The van der Waals surface area contributed by atoms with Gasteiger partial charge in [-0.15, -0.1) is 12.6 Å². The van der Waals surface area contributed by atoms with Gasteiger partial charge in [-0.3, -0.25) is 4.99 Å². The van der Waals surface area contributed by atoms with Crippen LogP contribution in [0, 0.1) is 0 Å². The number of thiol groups is 1. The summed E-state index contributed by atoms with van der Waals surface area (Å²) in [6.07, 6.45) is 5.35. The number of nitrogens with two attached hydrogens (primary N) is 1. The van der Waals surface area contributed by atoms with Crippen molar-refractivity contribution < 1.29 is 0 Å². The monoisotopic (exact) mass is 209 g/mol. The molecule has 1 aliphatic rings. The summed E-state index contributed by atoms with van der Waals surface area (Å²) < 4.78 is 0. The summed E-state index contributed by atoms with van der Waals surface area (Å²) in [5.41, 5.74) is 7.47. The Morgan fingerprint density at radius 3 is 3.07 bits per heavy atom. The Morgan fingerprint density at radius 2 is 2.50 bits per heavy atom. The van der Waals surface area contributed by atoms with Crippen LogP contribution in [0.4, 0.5) is 0 Å². The van der Waals surface area contributed by atoms with E-state index in [4.69, 9.17) is 5.73 Å². The summed E-state index contributed by atoms with van der Waals surface area (Å²) in [7, 11) is 0. The fourth-order valence-electron chi connectivity index (χ4n) is 1.01. The lowest BCUT2D eigenvalue weighted by molar-refractivity contribution is 0.828. The first-order chi connectivity index (χ1) is 6.59. The Bertz CT molecular complexity index is 311. The highest BCUT2D eigenvalue weighted by molar-refractivity contribution is 7.84. The fraction of sp³-hybridized carbons (Fsp3) is 0.300. The molecular formula is C10H15N3S. The Balaban J connectivity index is 2.47. The summed E-state index contributed by atoms with van der Waals surface area (Å²) in [6.45, 7) is 6.34. The molecule has 1 rings (SSSR count). The van der Waals surface area contributed by atoms with Gasteiger partial charge in [-0.1, -0.05) is 12.7 Å². The van der Waals surface area contributed by atoms with E-state index < -0.39 is 0 Å². The van der Waals surface area contributed by atoms with E-state index in [2.05, 4.69) is 29.5 Å². The van der Waals surface area contributed by atoms with Crippen LogP contribution in [0.1, 0.15) is 6.92 Å². The molecule has 76 valence electrons. The minimum absolute atomic E-state index is 0.294. The SMILES string of the molecule is C=C1C=CC(CNC=C(C)S)=NC1N. The highest BCUT2D eigenvalue weighted by Gasteiger charge is 2.08. The van der Waals surface area contributed by atoms with Gasteiger partial charge in [0, 0.05) is 6.20 Å². The molecule has 0 aromatic rings. The molecule has 0 fully saturated rings. The van der Waals surface area contributed by atoms with E-state index in [1.54, 1.807) is 0 Å². The Kier molecular flexibility index (Phi) is 3.98. The molecule has 14 heavy (non-hydrogen) atoms. The molecule has 4 heteroatoms. The lowest BCUT2D eigenvalue weighted by atomic mass is 10.1. The molecule has 0 saturated carbocycles. The third-order valence-corrected chi connectivity index (χ3v) is 1.90. The first-order valence-electron chi connectivity index (χ1n) is 4.38. The van der Waals surface area contributed by atoms with Crippen molar-refractivity contribution in [3.05, 3.63) is 35.4 Å². The Labute approximate surface area is 89.9 Å². The predicted octanol–water partition coefficient (Wildman–Crippen LogP) is 1.22. The third-order valence-electron chi connectivity index (χ3n) is 1.77. The lowest BCUT2D eigenvalue weighted by Crippen LogP contribution is -2.27. The van der Waals surface area contributed by atoms with E-state index in [0.29, 0.717) is 6.54 Å². The fourth-order valence-corrected chi connectivity index (χ4v) is 1.11. The second-order valence-corrected chi connectivity index (χ2v) is 3.85. The number of nitrogens with one attached hydrogen (secondary N) is 1. The van der Waals surface area contributed by atoms with Crippen LogP contribution in [0.3, 0.4) is 0 Å². The van der Waals surface area contributed by atoms with E-state index in [0.717, 1.165) is 16.2 Å². The summed E-state index contributed by atoms with van der Waals surface area (Å²) in [4.78, 5) is 5.18. The van der Waals surface area contributed by atoms with E-state index in [1.807, 2.05) is 25.3 Å². The molecule has 1 atom stereocenters. The number of aliphatic imine (C=N–C) groups is 1. The second-order valence-electron chi connectivity index (χ2n) is 3.14. The van der Waals surface area contributed by atoms with Crippen molar-refractivity contribution in [2.45, 2.75) is 13.1 Å². The van der Waals surface area contributed by atoms with Crippen molar-refractivity contribution in [2.24, 2.45) is 10.7 Å². The number of rotatable bonds is 3. The molecule has 0 aromatic carbocycles. The smallest absolute Gasteiger partial charge is 0.122 e. The van der Waals surface area contributed by atoms with E-state index >= 15 is 0 Å². The van der Waals surface area contributed by atoms with E-state index in [-0.39, 0.29) is 6.17 Å². The van der Waals surface area contributed by atoms with Crippen molar-refractivity contribution in [3.8, 4) is 0 Å². The Morgan fingerprint density at radius 1 is 1.79 bits per heavy atom. The largest absolute Gasteiger partial charge is 0.385 e. The lowest BCUT2D eigenvalue weighted by Gasteiger charge is -2.14. The van der Waals surface area contributed by atoms with Crippen molar-refractivity contribution >= 4 is 18.3 Å². The molecule has 0 spiro atoms. The van der Waals surface area contributed by atoms with Gasteiger partial charge in [0.2, 0.25) is 0 Å². The molecule has 1 unspecified atom stereocenters. The molecule has 0 aromatic heterocycles. The van der Waals surface area contributed by atoms with Crippen LogP contribution in [-0.2, 0) is 0 Å². The van der Waals surface area contributed by atoms with Gasteiger partial charge in [-0.05, 0) is 23.5 Å². The first kappa shape index (κ1) is 11.1.